The van der Waals surface area contributed by atoms with Gasteiger partial charge in [0.1, 0.15) is 17.1 Å². The zero-order valence-corrected chi connectivity index (χ0v) is 13.9. The number of rotatable bonds is 5. The van der Waals surface area contributed by atoms with Crippen LogP contribution in [0.1, 0.15) is 52.6 Å². The van der Waals surface area contributed by atoms with E-state index in [0.717, 1.165) is 29.4 Å². The molecule has 4 rings (SSSR count). The highest BCUT2D eigenvalue weighted by Gasteiger charge is 2.36. The predicted molar refractivity (Wildman–Crippen MR) is 88.1 cm³/mol. The van der Waals surface area contributed by atoms with E-state index in [2.05, 4.69) is 15.5 Å². The van der Waals surface area contributed by atoms with Crippen molar-refractivity contribution in [2.75, 3.05) is 6.61 Å². The number of ether oxygens (including phenoxy) is 1. The Hall–Kier alpha value is -2.48. The van der Waals surface area contributed by atoms with Gasteiger partial charge in [-0.15, -0.1) is 0 Å². The number of aromatic amines is 1. The van der Waals surface area contributed by atoms with E-state index in [4.69, 9.17) is 4.74 Å². The molecule has 0 bridgehead atoms. The normalized spacial score (nSPS) is 22.5. The number of amides is 1. The smallest absolute Gasteiger partial charge is 0.279 e. The average molecular weight is 363 g/mol. The number of nitrogens with one attached hydrogen (secondary N) is 2. The van der Waals surface area contributed by atoms with Gasteiger partial charge in [0.05, 0.1) is 18.8 Å². The molecular formula is C18H19F2N3O3. The van der Waals surface area contributed by atoms with Crippen LogP contribution in [-0.4, -0.2) is 33.9 Å². The summed E-state index contributed by atoms with van der Waals surface area (Å²) in [7, 11) is 0. The monoisotopic (exact) mass is 363 g/mol. The van der Waals surface area contributed by atoms with Crippen molar-refractivity contribution < 1.29 is 23.4 Å². The molecule has 0 spiro atoms. The molecule has 2 heterocycles. The van der Waals surface area contributed by atoms with Gasteiger partial charge in [-0.3, -0.25) is 9.89 Å². The first-order valence-corrected chi connectivity index (χ1v) is 8.59. The Morgan fingerprint density at radius 3 is 2.85 bits per heavy atom. The number of aromatic nitrogens is 2. The maximum absolute atomic E-state index is 12.7. The van der Waals surface area contributed by atoms with E-state index in [1.54, 1.807) is 0 Å². The van der Waals surface area contributed by atoms with Gasteiger partial charge in [-0.2, -0.15) is 5.10 Å². The molecule has 0 saturated heterocycles. The largest absolute Gasteiger partial charge is 0.493 e. The Morgan fingerprint density at radius 1 is 1.35 bits per heavy atom. The Morgan fingerprint density at radius 2 is 2.15 bits per heavy atom. The van der Waals surface area contributed by atoms with Crippen LogP contribution in [0.3, 0.4) is 0 Å². The molecule has 1 fully saturated rings. The minimum Gasteiger partial charge on any atom is -0.493 e. The summed E-state index contributed by atoms with van der Waals surface area (Å²) in [5.74, 6) is 0.417. The molecule has 2 aromatic rings. The average Bonchev–Trinajstić information content (AvgIpc) is 3.25. The topological polar surface area (TPSA) is 87.2 Å². The summed E-state index contributed by atoms with van der Waals surface area (Å²) in [6, 6.07) is 6.53. The molecule has 26 heavy (non-hydrogen) atoms. The van der Waals surface area contributed by atoms with Crippen molar-refractivity contribution in [1.82, 2.24) is 15.5 Å². The molecule has 138 valence electrons. The Balaban J connectivity index is 1.56. The highest BCUT2D eigenvalue weighted by atomic mass is 19.3. The molecule has 6 nitrogen and oxygen atoms in total. The van der Waals surface area contributed by atoms with Crippen LogP contribution in [0.4, 0.5) is 8.78 Å². The fraction of sp³-hybridized carbons (Fsp3) is 0.444. The first-order valence-electron chi connectivity index (χ1n) is 8.59. The van der Waals surface area contributed by atoms with Crippen LogP contribution in [0.25, 0.3) is 0 Å². The van der Waals surface area contributed by atoms with Gasteiger partial charge in [-0.25, -0.2) is 8.78 Å². The van der Waals surface area contributed by atoms with Gasteiger partial charge in [0.25, 0.3) is 12.3 Å². The summed E-state index contributed by atoms with van der Waals surface area (Å²) in [6.45, 7) is 0.641. The number of aliphatic hydroxyl groups is 1. The maximum Gasteiger partial charge on any atom is 0.279 e. The number of nitrogens with zero attached hydrogens (tertiary/aromatic N) is 1. The number of hydrogen-bond acceptors (Lipinski definition) is 4. The van der Waals surface area contributed by atoms with E-state index in [1.807, 2.05) is 18.2 Å². The maximum atomic E-state index is 12.7. The minimum absolute atomic E-state index is 0.0744. The van der Waals surface area contributed by atoms with Crippen molar-refractivity contribution >= 4 is 5.91 Å². The van der Waals surface area contributed by atoms with E-state index < -0.39 is 12.3 Å². The van der Waals surface area contributed by atoms with Crippen molar-refractivity contribution in [2.45, 2.75) is 37.8 Å². The Bertz CT molecular complexity index is 818. The van der Waals surface area contributed by atoms with Crippen molar-refractivity contribution in [3.05, 3.63) is 46.8 Å². The number of carbonyl (C=O) groups excluding carboxylic acids is 1. The van der Waals surface area contributed by atoms with Crippen LogP contribution in [0, 0.1) is 5.92 Å². The number of hydrogen-bond donors (Lipinski definition) is 3. The molecule has 0 unspecified atom stereocenters. The van der Waals surface area contributed by atoms with Crippen LogP contribution in [0.2, 0.25) is 0 Å². The quantitative estimate of drug-likeness (QED) is 0.762. The van der Waals surface area contributed by atoms with E-state index in [9.17, 15) is 18.7 Å². The fourth-order valence-corrected chi connectivity index (χ4v) is 3.56. The lowest BCUT2D eigenvalue weighted by Gasteiger charge is -2.38. The van der Waals surface area contributed by atoms with Gasteiger partial charge in [0.2, 0.25) is 0 Å². The number of halogens is 2. The number of aliphatic hydroxyl groups excluding tert-OH is 1. The number of alkyl halides is 2. The highest BCUT2D eigenvalue weighted by molar-refractivity contribution is 5.92. The van der Waals surface area contributed by atoms with Gasteiger partial charge >= 0.3 is 0 Å². The minimum atomic E-state index is -2.71. The van der Waals surface area contributed by atoms with Crippen molar-refractivity contribution in [3.63, 3.8) is 0 Å². The second kappa shape index (κ2) is 6.68. The number of carbonyl (C=O) groups is 1. The molecule has 1 aliphatic carbocycles. The molecule has 1 atom stereocenters. The van der Waals surface area contributed by atoms with Crippen molar-refractivity contribution in [1.29, 1.82) is 0 Å². The third-order valence-corrected chi connectivity index (χ3v) is 5.05. The lowest BCUT2D eigenvalue weighted by molar-refractivity contribution is 0.0234. The second-order valence-electron chi connectivity index (χ2n) is 6.81. The fourth-order valence-electron chi connectivity index (χ4n) is 3.56. The van der Waals surface area contributed by atoms with Crippen LogP contribution >= 0.6 is 0 Å². The third kappa shape index (κ3) is 3.16. The molecule has 3 N–H and O–H groups in total. The summed E-state index contributed by atoms with van der Waals surface area (Å²) in [6.07, 6.45) is -1.09. The summed E-state index contributed by atoms with van der Waals surface area (Å²) >= 11 is 0. The predicted octanol–water partition coefficient (Wildman–Crippen LogP) is 2.52. The van der Waals surface area contributed by atoms with E-state index in [0.29, 0.717) is 19.4 Å². The van der Waals surface area contributed by atoms with Crippen molar-refractivity contribution in [3.8, 4) is 5.75 Å². The molecule has 1 saturated carbocycles. The molecule has 1 amide bonds. The van der Waals surface area contributed by atoms with Gasteiger partial charge < -0.3 is 15.2 Å². The van der Waals surface area contributed by atoms with E-state index in [-0.39, 0.29) is 29.5 Å². The van der Waals surface area contributed by atoms with Crippen LogP contribution in [-0.2, 0) is 6.42 Å². The van der Waals surface area contributed by atoms with Crippen LogP contribution in [0.5, 0.6) is 5.75 Å². The highest BCUT2D eigenvalue weighted by Crippen LogP contribution is 2.40. The summed E-state index contributed by atoms with van der Waals surface area (Å²) in [5.41, 5.74) is 1.54. The molecule has 2 aliphatic rings. The lowest BCUT2D eigenvalue weighted by atomic mass is 9.75. The summed E-state index contributed by atoms with van der Waals surface area (Å²) < 4.78 is 30.9. The first-order chi connectivity index (χ1) is 12.5. The van der Waals surface area contributed by atoms with Gasteiger partial charge in [0.15, 0.2) is 0 Å². The van der Waals surface area contributed by atoms with E-state index in [1.165, 1.54) is 0 Å². The molecule has 1 aliphatic heterocycles. The summed E-state index contributed by atoms with van der Waals surface area (Å²) in [4.78, 5) is 12.5. The third-order valence-electron chi connectivity index (χ3n) is 5.05. The van der Waals surface area contributed by atoms with Gasteiger partial charge in [0, 0.05) is 6.42 Å². The molecule has 0 radical (unpaired) electrons. The molecule has 8 heteroatoms. The Kier molecular flexibility index (Phi) is 4.36. The van der Waals surface area contributed by atoms with Crippen molar-refractivity contribution in [2.24, 2.45) is 5.92 Å². The number of benzene rings is 1. The molecular weight excluding hydrogens is 344 g/mol. The lowest BCUT2D eigenvalue weighted by Crippen LogP contribution is -2.41. The zero-order chi connectivity index (χ0) is 18.3. The second-order valence-corrected chi connectivity index (χ2v) is 6.81. The summed E-state index contributed by atoms with van der Waals surface area (Å²) in [5, 5.41) is 18.4. The SMILES string of the molecule is O=C(N[C@@H](c1ccc2c(c1)CCO2)C1CC(O)C1)c1cc(C(F)F)[nH]n1. The van der Waals surface area contributed by atoms with Gasteiger partial charge in [-0.05, 0) is 48.1 Å². The number of fused-ring (bicyclic) bond motifs is 1. The Labute approximate surface area is 148 Å². The molecule has 1 aromatic carbocycles. The molecule has 1 aromatic heterocycles. The van der Waals surface area contributed by atoms with Gasteiger partial charge in [-0.1, -0.05) is 6.07 Å². The standard InChI is InChI=1S/C18H19F2N3O3/c19-17(20)13-8-14(23-22-13)18(25)21-16(11-6-12(24)7-11)10-1-2-15-9(5-10)3-4-26-15/h1-2,5,8,11-12,16-17,24H,3-4,6-7H2,(H,21,25)(H,22,23)/t11?,12?,16-/m0/s1. The zero-order valence-electron chi connectivity index (χ0n) is 13.9. The van der Waals surface area contributed by atoms with Crippen LogP contribution < -0.4 is 10.1 Å². The number of H-pyrrole nitrogens is 1. The van der Waals surface area contributed by atoms with Crippen LogP contribution in [0.15, 0.2) is 24.3 Å². The first kappa shape index (κ1) is 17.0. The van der Waals surface area contributed by atoms with E-state index >= 15 is 0 Å².